The highest BCUT2D eigenvalue weighted by Gasteiger charge is 2.28. The number of amides is 2. The maximum atomic E-state index is 12.7. The minimum absolute atomic E-state index is 0.0603. The second-order valence-electron chi connectivity index (χ2n) is 14.1. The Morgan fingerprint density at radius 1 is 0.771 bits per heavy atom. The van der Waals surface area contributed by atoms with Gasteiger partial charge in [0.2, 0.25) is 0 Å². The first-order valence-electron chi connectivity index (χ1n) is 16.8. The highest BCUT2D eigenvalue weighted by molar-refractivity contribution is 5.68. The minimum atomic E-state index is -1.03. The predicted molar refractivity (Wildman–Crippen MR) is 184 cm³/mol. The van der Waals surface area contributed by atoms with Crippen LogP contribution >= 0.6 is 0 Å². The summed E-state index contributed by atoms with van der Waals surface area (Å²) in [6, 6.07) is 15.8. The number of aliphatic hydroxyl groups excluding tert-OH is 2. The van der Waals surface area contributed by atoms with Crippen LogP contribution in [0.4, 0.5) is 9.59 Å². The van der Waals surface area contributed by atoms with Crippen molar-refractivity contribution in [3.8, 4) is 5.75 Å². The van der Waals surface area contributed by atoms with Crippen molar-refractivity contribution in [1.29, 1.82) is 0 Å². The lowest BCUT2D eigenvalue weighted by atomic mass is 10.00. The van der Waals surface area contributed by atoms with Gasteiger partial charge in [0.1, 0.15) is 23.6 Å². The third kappa shape index (κ3) is 15.7. The Bertz CT molecular complexity index is 1230. The van der Waals surface area contributed by atoms with Crippen molar-refractivity contribution >= 4 is 12.2 Å². The van der Waals surface area contributed by atoms with Crippen LogP contribution in [0.3, 0.4) is 0 Å². The number of aliphatic hydroxyl groups is 2. The average molecular weight is 673 g/mol. The van der Waals surface area contributed by atoms with E-state index in [1.807, 2.05) is 54.6 Å². The molecule has 0 aromatic heterocycles. The molecule has 48 heavy (non-hydrogen) atoms. The van der Waals surface area contributed by atoms with E-state index in [0.717, 1.165) is 49.7 Å². The number of benzene rings is 2. The van der Waals surface area contributed by atoms with Gasteiger partial charge in [-0.05, 0) is 77.6 Å². The van der Waals surface area contributed by atoms with Crippen molar-refractivity contribution in [3.05, 3.63) is 65.7 Å². The summed E-state index contributed by atoms with van der Waals surface area (Å²) in [6.07, 6.45) is -2.59. The summed E-state index contributed by atoms with van der Waals surface area (Å²) < 4.78 is 22.2. The van der Waals surface area contributed by atoms with Crippen molar-refractivity contribution in [2.75, 3.05) is 52.5 Å². The number of nitrogens with zero attached hydrogens (tertiary/aromatic N) is 1. The molecule has 0 bridgehead atoms. The number of carbonyl (C=O) groups is 2. The van der Waals surface area contributed by atoms with Gasteiger partial charge in [-0.1, -0.05) is 42.5 Å². The number of rotatable bonds is 16. The van der Waals surface area contributed by atoms with Crippen molar-refractivity contribution in [3.63, 3.8) is 0 Å². The van der Waals surface area contributed by atoms with Crippen molar-refractivity contribution in [2.24, 2.45) is 0 Å². The summed E-state index contributed by atoms with van der Waals surface area (Å²) in [5, 5.41) is 31.1. The Morgan fingerprint density at radius 3 is 1.73 bits per heavy atom. The van der Waals surface area contributed by atoms with E-state index in [2.05, 4.69) is 20.9 Å². The fourth-order valence-corrected chi connectivity index (χ4v) is 5.11. The quantitative estimate of drug-likeness (QED) is 0.180. The molecule has 2 aromatic rings. The Hall–Kier alpha value is -3.42. The largest absolute Gasteiger partial charge is 0.492 e. The molecule has 1 heterocycles. The lowest BCUT2D eigenvalue weighted by Gasteiger charge is -2.29. The number of carbonyl (C=O) groups excluding carboxylic acids is 2. The van der Waals surface area contributed by atoms with Crippen LogP contribution in [0, 0.1) is 0 Å². The van der Waals surface area contributed by atoms with Crippen LogP contribution < -0.4 is 20.7 Å². The molecule has 1 saturated heterocycles. The summed E-state index contributed by atoms with van der Waals surface area (Å²) >= 11 is 0. The summed E-state index contributed by atoms with van der Waals surface area (Å²) in [5.41, 5.74) is 0.422. The van der Waals surface area contributed by atoms with Crippen LogP contribution in [0.1, 0.15) is 52.7 Å². The third-order valence-corrected chi connectivity index (χ3v) is 7.50. The van der Waals surface area contributed by atoms with E-state index in [0.29, 0.717) is 19.4 Å². The second kappa shape index (κ2) is 18.9. The number of ether oxygens (including phenoxy) is 4. The molecular formula is C36H56N4O8. The van der Waals surface area contributed by atoms with Gasteiger partial charge in [-0.15, -0.1) is 0 Å². The van der Waals surface area contributed by atoms with E-state index in [1.165, 1.54) is 0 Å². The fourth-order valence-electron chi connectivity index (χ4n) is 5.11. The smallest absolute Gasteiger partial charge is 0.407 e. The Balaban J connectivity index is 1.59. The third-order valence-electron chi connectivity index (χ3n) is 7.50. The first-order valence-corrected chi connectivity index (χ1v) is 16.8. The normalized spacial score (nSPS) is 16.7. The second-order valence-corrected chi connectivity index (χ2v) is 14.1. The van der Waals surface area contributed by atoms with E-state index < -0.39 is 47.7 Å². The molecule has 2 aromatic carbocycles. The van der Waals surface area contributed by atoms with Gasteiger partial charge in [-0.3, -0.25) is 4.90 Å². The van der Waals surface area contributed by atoms with E-state index >= 15 is 0 Å². The van der Waals surface area contributed by atoms with Crippen molar-refractivity contribution in [2.45, 2.75) is 89.9 Å². The van der Waals surface area contributed by atoms with Gasteiger partial charge in [0.25, 0.3) is 0 Å². The number of hydrogen-bond donors (Lipinski definition) is 5. The van der Waals surface area contributed by atoms with Gasteiger partial charge in [-0.25, -0.2) is 9.59 Å². The Kier molecular flexibility index (Phi) is 15.4. The number of alkyl carbamates (subject to hydrolysis) is 2. The molecule has 12 heteroatoms. The summed E-state index contributed by atoms with van der Waals surface area (Å²) in [7, 11) is 0. The maximum Gasteiger partial charge on any atom is 0.407 e. The molecule has 0 spiro atoms. The molecule has 0 radical (unpaired) electrons. The zero-order valence-electron chi connectivity index (χ0n) is 29.4. The predicted octanol–water partition coefficient (Wildman–Crippen LogP) is 3.28. The number of hydrogen-bond acceptors (Lipinski definition) is 10. The summed E-state index contributed by atoms with van der Waals surface area (Å²) in [4.78, 5) is 27.6. The molecule has 2 amide bonds. The van der Waals surface area contributed by atoms with Crippen LogP contribution in [-0.4, -0.2) is 115 Å². The van der Waals surface area contributed by atoms with Gasteiger partial charge in [-0.2, -0.15) is 0 Å². The molecule has 0 aliphatic carbocycles. The first-order chi connectivity index (χ1) is 22.7. The van der Waals surface area contributed by atoms with Gasteiger partial charge >= 0.3 is 12.2 Å². The molecule has 1 aliphatic heterocycles. The highest BCUT2D eigenvalue weighted by Crippen LogP contribution is 2.16. The monoisotopic (exact) mass is 672 g/mol. The molecule has 0 unspecified atom stereocenters. The molecule has 1 fully saturated rings. The molecule has 12 nitrogen and oxygen atoms in total. The zero-order chi connectivity index (χ0) is 35.2. The standard InChI is InChI=1S/C36H56N4O8/c1-35(2,3)47-33(43)38-29(22-26-10-8-7-9-11-26)31(41)24-37-25-32(42)30(39-34(44)48-36(4,5)6)23-27-12-14-28(15-13-27)46-21-18-40-16-19-45-20-17-40/h7-15,29-32,37,41-42H,16-25H2,1-6H3,(H,38,43)(H,39,44)/t29-,30-,31+,32+/m0/s1. The Labute approximate surface area is 285 Å². The van der Waals surface area contributed by atoms with Gasteiger partial charge < -0.3 is 45.1 Å². The van der Waals surface area contributed by atoms with Crippen LogP contribution in [0.2, 0.25) is 0 Å². The topological polar surface area (TPSA) is 151 Å². The van der Waals surface area contributed by atoms with Crippen molar-refractivity contribution < 1.29 is 38.7 Å². The number of morpholine rings is 1. The van der Waals surface area contributed by atoms with E-state index in [4.69, 9.17) is 18.9 Å². The summed E-state index contributed by atoms with van der Waals surface area (Å²) in [5.74, 6) is 0.741. The minimum Gasteiger partial charge on any atom is -0.492 e. The highest BCUT2D eigenvalue weighted by atomic mass is 16.6. The summed E-state index contributed by atoms with van der Waals surface area (Å²) in [6.45, 7) is 15.5. The lowest BCUT2D eigenvalue weighted by Crippen LogP contribution is -2.53. The Morgan fingerprint density at radius 2 is 1.25 bits per heavy atom. The average Bonchev–Trinajstić information content (AvgIpc) is 3.00. The molecule has 0 saturated carbocycles. The van der Waals surface area contributed by atoms with Crippen LogP contribution in [0.15, 0.2) is 54.6 Å². The van der Waals surface area contributed by atoms with Crippen LogP contribution in [0.5, 0.6) is 5.75 Å². The molecule has 5 N–H and O–H groups in total. The van der Waals surface area contributed by atoms with Crippen LogP contribution in [0.25, 0.3) is 0 Å². The lowest BCUT2D eigenvalue weighted by molar-refractivity contribution is 0.0322. The van der Waals surface area contributed by atoms with Crippen molar-refractivity contribution in [1.82, 2.24) is 20.9 Å². The zero-order valence-corrected chi connectivity index (χ0v) is 29.4. The molecule has 3 rings (SSSR count). The van der Waals surface area contributed by atoms with Crippen LogP contribution in [-0.2, 0) is 27.1 Å². The van der Waals surface area contributed by atoms with E-state index in [1.54, 1.807) is 41.5 Å². The fraction of sp³-hybridized carbons (Fsp3) is 0.611. The SMILES string of the molecule is CC(C)(C)OC(=O)N[C@@H](Cc1ccccc1)[C@H](O)CNC[C@@H](O)[C@H](Cc1ccc(OCCN2CCOCC2)cc1)NC(=O)OC(C)(C)C. The maximum absolute atomic E-state index is 12.7. The first kappa shape index (κ1) is 39.0. The number of nitrogens with one attached hydrogen (secondary N) is 3. The van der Waals surface area contributed by atoms with Gasteiger partial charge in [0.05, 0.1) is 37.5 Å². The molecule has 1 aliphatic rings. The molecular weight excluding hydrogens is 616 g/mol. The van der Waals surface area contributed by atoms with E-state index in [9.17, 15) is 19.8 Å². The van der Waals surface area contributed by atoms with E-state index in [-0.39, 0.29) is 13.1 Å². The van der Waals surface area contributed by atoms with Gasteiger partial charge in [0.15, 0.2) is 0 Å². The molecule has 4 atom stereocenters. The van der Waals surface area contributed by atoms with Gasteiger partial charge in [0, 0.05) is 32.7 Å². The molecule has 268 valence electrons.